The van der Waals surface area contributed by atoms with Crippen LogP contribution in [-0.4, -0.2) is 18.0 Å². The normalized spacial score (nSPS) is 17.3. The monoisotopic (exact) mass is 389 g/mol. The molecule has 1 amide bonds. The minimum absolute atomic E-state index is 0.239. The number of hydrogen-bond acceptors (Lipinski definition) is 4. The molecular formula is C20H20ClNO3S. The Bertz CT molecular complexity index is 849. The van der Waals surface area contributed by atoms with Crippen molar-refractivity contribution in [2.75, 3.05) is 11.6 Å². The zero-order valence-electron chi connectivity index (χ0n) is 14.5. The van der Waals surface area contributed by atoms with Crippen LogP contribution < -0.4 is 14.8 Å². The topological polar surface area (TPSA) is 47.6 Å². The van der Waals surface area contributed by atoms with E-state index in [0.29, 0.717) is 22.0 Å². The Morgan fingerprint density at radius 2 is 1.85 bits per heavy atom. The highest BCUT2D eigenvalue weighted by Crippen LogP contribution is 2.46. The highest BCUT2D eigenvalue weighted by Gasteiger charge is 2.42. The van der Waals surface area contributed by atoms with Gasteiger partial charge in [0.1, 0.15) is 0 Å². The molecule has 136 valence electrons. The first-order chi connectivity index (χ1) is 12.6. The van der Waals surface area contributed by atoms with Crippen molar-refractivity contribution < 1.29 is 14.3 Å². The molecule has 1 heterocycles. The number of anilines is 1. The van der Waals surface area contributed by atoms with Gasteiger partial charge in [0.25, 0.3) is 11.7 Å². The zero-order valence-corrected chi connectivity index (χ0v) is 16.1. The summed E-state index contributed by atoms with van der Waals surface area (Å²) >= 11 is 7.76. The Kier molecular flexibility index (Phi) is 4.76. The molecule has 0 aromatic heterocycles. The van der Waals surface area contributed by atoms with E-state index in [0.717, 1.165) is 36.3 Å². The summed E-state index contributed by atoms with van der Waals surface area (Å²) in [5.41, 5.74) is 1.12. The molecule has 1 spiro atoms. The molecule has 0 saturated heterocycles. The lowest BCUT2D eigenvalue weighted by atomic mass is 9.94. The van der Waals surface area contributed by atoms with Gasteiger partial charge in [-0.05, 0) is 49.4 Å². The van der Waals surface area contributed by atoms with Crippen LogP contribution in [0.4, 0.5) is 5.69 Å². The summed E-state index contributed by atoms with van der Waals surface area (Å²) in [5, 5.41) is 3.34. The second-order valence-corrected chi connectivity index (χ2v) is 7.92. The van der Waals surface area contributed by atoms with E-state index in [-0.39, 0.29) is 5.91 Å². The molecule has 26 heavy (non-hydrogen) atoms. The minimum atomic E-state index is -0.515. The molecule has 0 unspecified atom stereocenters. The molecule has 1 fully saturated rings. The average Bonchev–Trinajstić information content (AvgIpc) is 2.99. The quantitative estimate of drug-likeness (QED) is 0.679. The molecule has 2 aromatic carbocycles. The predicted molar refractivity (Wildman–Crippen MR) is 105 cm³/mol. The first-order valence-corrected chi connectivity index (χ1v) is 10.4. The number of fused-ring (bicyclic) bond motifs is 1. The second-order valence-electron chi connectivity index (χ2n) is 6.64. The number of ether oxygens (including phenoxy) is 2. The summed E-state index contributed by atoms with van der Waals surface area (Å²) in [7, 11) is 0. The summed E-state index contributed by atoms with van der Waals surface area (Å²) in [4.78, 5) is 13.6. The predicted octanol–water partition coefficient (Wildman–Crippen LogP) is 5.75. The van der Waals surface area contributed by atoms with Crippen LogP contribution in [0, 0.1) is 0 Å². The molecule has 0 radical (unpaired) electrons. The van der Waals surface area contributed by atoms with Crippen LogP contribution in [0.5, 0.6) is 11.5 Å². The third kappa shape index (κ3) is 3.38. The number of halogens is 1. The second kappa shape index (κ2) is 7.05. The van der Waals surface area contributed by atoms with Gasteiger partial charge >= 0.3 is 0 Å². The van der Waals surface area contributed by atoms with Gasteiger partial charge in [-0.25, -0.2) is 0 Å². The van der Waals surface area contributed by atoms with Crippen molar-refractivity contribution in [3.63, 3.8) is 0 Å². The molecular weight excluding hydrogens is 370 g/mol. The van der Waals surface area contributed by atoms with E-state index in [1.54, 1.807) is 23.9 Å². The fraction of sp³-hybridized carbons (Fsp3) is 0.350. The van der Waals surface area contributed by atoms with Crippen molar-refractivity contribution in [1.29, 1.82) is 0 Å². The number of hydrogen-bond donors (Lipinski definition) is 1. The number of nitrogens with one attached hydrogen (secondary N) is 1. The van der Waals surface area contributed by atoms with E-state index in [1.807, 2.05) is 30.5 Å². The van der Waals surface area contributed by atoms with E-state index in [9.17, 15) is 4.79 Å². The fourth-order valence-corrected chi connectivity index (χ4v) is 4.11. The van der Waals surface area contributed by atoms with E-state index in [1.165, 1.54) is 6.42 Å². The van der Waals surface area contributed by atoms with Gasteiger partial charge in [-0.1, -0.05) is 18.0 Å². The molecule has 2 aliphatic rings. The van der Waals surface area contributed by atoms with E-state index < -0.39 is 5.79 Å². The Morgan fingerprint density at radius 3 is 2.62 bits per heavy atom. The van der Waals surface area contributed by atoms with Crippen LogP contribution in [0.25, 0.3) is 0 Å². The van der Waals surface area contributed by atoms with Gasteiger partial charge in [0, 0.05) is 29.5 Å². The molecule has 0 bridgehead atoms. The van der Waals surface area contributed by atoms with Gasteiger partial charge in [-0.3, -0.25) is 4.79 Å². The van der Waals surface area contributed by atoms with Crippen molar-refractivity contribution in [3.05, 3.63) is 47.0 Å². The zero-order chi connectivity index (χ0) is 18.1. The SMILES string of the molecule is CSc1ccc(Cl)c(C(=O)Nc2ccc3c(c2)OC2(CCCCC2)O3)c1. The van der Waals surface area contributed by atoms with Gasteiger partial charge in [-0.2, -0.15) is 0 Å². The Morgan fingerprint density at radius 1 is 1.08 bits per heavy atom. The van der Waals surface area contributed by atoms with Gasteiger partial charge in [0.15, 0.2) is 11.5 Å². The fourth-order valence-electron chi connectivity index (χ4n) is 3.47. The smallest absolute Gasteiger partial charge is 0.257 e. The average molecular weight is 390 g/mol. The number of carbonyl (C=O) groups is 1. The van der Waals surface area contributed by atoms with Gasteiger partial charge in [-0.15, -0.1) is 11.8 Å². The summed E-state index contributed by atoms with van der Waals surface area (Å²) in [6, 6.07) is 10.9. The molecule has 4 rings (SSSR count). The van der Waals surface area contributed by atoms with E-state index >= 15 is 0 Å². The van der Waals surface area contributed by atoms with Crippen LogP contribution in [0.2, 0.25) is 5.02 Å². The largest absolute Gasteiger partial charge is 0.448 e. The summed E-state index contributed by atoms with van der Waals surface area (Å²) in [6.45, 7) is 0. The number of benzene rings is 2. The Labute approximate surface area is 162 Å². The number of carbonyl (C=O) groups excluding carboxylic acids is 1. The van der Waals surface area contributed by atoms with Crippen LogP contribution in [0.3, 0.4) is 0 Å². The number of thioether (sulfide) groups is 1. The third-order valence-corrected chi connectivity index (χ3v) is 5.88. The molecule has 6 heteroatoms. The maximum Gasteiger partial charge on any atom is 0.257 e. The van der Waals surface area contributed by atoms with Crippen LogP contribution in [0.15, 0.2) is 41.3 Å². The van der Waals surface area contributed by atoms with Crippen molar-refractivity contribution in [2.24, 2.45) is 0 Å². The molecule has 1 aliphatic heterocycles. The Balaban J connectivity index is 1.52. The number of rotatable bonds is 3. The molecule has 1 aliphatic carbocycles. The molecule has 1 saturated carbocycles. The van der Waals surface area contributed by atoms with Crippen molar-refractivity contribution >= 4 is 35.0 Å². The van der Waals surface area contributed by atoms with Crippen molar-refractivity contribution in [3.8, 4) is 11.5 Å². The standard InChI is InChI=1S/C20H20ClNO3S/c1-26-14-6-7-16(21)15(12-14)19(23)22-13-5-8-17-18(11-13)25-20(24-17)9-3-2-4-10-20/h5-8,11-12H,2-4,9-10H2,1H3,(H,22,23). The lowest BCUT2D eigenvalue weighted by molar-refractivity contribution is -0.105. The summed E-state index contributed by atoms with van der Waals surface area (Å²) < 4.78 is 12.2. The minimum Gasteiger partial charge on any atom is -0.448 e. The van der Waals surface area contributed by atoms with Crippen LogP contribution in [0.1, 0.15) is 42.5 Å². The third-order valence-electron chi connectivity index (χ3n) is 4.83. The van der Waals surface area contributed by atoms with E-state index in [4.69, 9.17) is 21.1 Å². The van der Waals surface area contributed by atoms with Gasteiger partial charge in [0.05, 0.1) is 10.6 Å². The van der Waals surface area contributed by atoms with Gasteiger partial charge < -0.3 is 14.8 Å². The van der Waals surface area contributed by atoms with E-state index in [2.05, 4.69) is 5.32 Å². The molecule has 2 aromatic rings. The summed E-state index contributed by atoms with van der Waals surface area (Å²) in [5.74, 6) is 0.678. The van der Waals surface area contributed by atoms with Crippen molar-refractivity contribution in [1.82, 2.24) is 0 Å². The lowest BCUT2D eigenvalue weighted by Crippen LogP contribution is -2.40. The molecule has 4 nitrogen and oxygen atoms in total. The summed E-state index contributed by atoms with van der Waals surface area (Å²) in [6.07, 6.45) is 7.22. The lowest BCUT2D eigenvalue weighted by Gasteiger charge is -2.31. The number of amides is 1. The van der Waals surface area contributed by atoms with Crippen molar-refractivity contribution in [2.45, 2.75) is 42.8 Å². The highest BCUT2D eigenvalue weighted by molar-refractivity contribution is 7.98. The maximum atomic E-state index is 12.6. The van der Waals surface area contributed by atoms with Crippen LogP contribution >= 0.6 is 23.4 Å². The Hall–Kier alpha value is -1.85. The van der Waals surface area contributed by atoms with Gasteiger partial charge in [0.2, 0.25) is 0 Å². The first-order valence-electron chi connectivity index (χ1n) is 8.76. The molecule has 1 N–H and O–H groups in total. The first kappa shape index (κ1) is 17.6. The highest BCUT2D eigenvalue weighted by atomic mass is 35.5. The molecule has 0 atom stereocenters. The van der Waals surface area contributed by atoms with Crippen LogP contribution in [-0.2, 0) is 0 Å². The maximum absolute atomic E-state index is 12.6.